The number of hydrogen-bond donors (Lipinski definition) is 1. The highest BCUT2D eigenvalue weighted by atomic mass is 19.4. The molecule has 0 unspecified atom stereocenters. The number of halogens is 3. The molecule has 1 saturated carbocycles. The van der Waals surface area contributed by atoms with Crippen molar-refractivity contribution in [2.75, 3.05) is 37.7 Å². The highest BCUT2D eigenvalue weighted by molar-refractivity contribution is 5.77. The summed E-state index contributed by atoms with van der Waals surface area (Å²) in [6.07, 6.45) is -0.0987. The van der Waals surface area contributed by atoms with E-state index in [1.165, 1.54) is 12.3 Å². The van der Waals surface area contributed by atoms with Crippen molar-refractivity contribution < 1.29 is 28.0 Å². The number of pyridine rings is 1. The summed E-state index contributed by atoms with van der Waals surface area (Å²) in [5, 5.41) is 19.7. The SMILES string of the molecule is N#Cc1ccc(N2CCN(C(=O)COC3CCC([NH2+]c4ccc(C#N)c(C(F)(F)F)c4)CC3)CC2)nc1. The number of quaternary nitrogens is 1. The quantitative estimate of drug-likeness (QED) is 0.595. The van der Waals surface area contributed by atoms with Crippen molar-refractivity contribution in [3.63, 3.8) is 0 Å². The molecule has 2 N–H and O–H groups in total. The molecule has 2 aliphatic rings. The second-order valence-electron chi connectivity index (χ2n) is 9.31. The first-order valence-electron chi connectivity index (χ1n) is 12.2. The number of hydrogen-bond acceptors (Lipinski definition) is 6. The summed E-state index contributed by atoms with van der Waals surface area (Å²) in [4.78, 5) is 20.8. The largest absolute Gasteiger partial charge is 0.417 e. The first-order valence-corrected chi connectivity index (χ1v) is 12.2. The number of carbonyl (C=O) groups is 1. The molecule has 1 aromatic heterocycles. The van der Waals surface area contributed by atoms with Crippen LogP contribution in [0.1, 0.15) is 42.4 Å². The van der Waals surface area contributed by atoms with E-state index in [9.17, 15) is 18.0 Å². The zero-order valence-corrected chi connectivity index (χ0v) is 20.2. The Morgan fingerprint density at radius 1 is 1.05 bits per heavy atom. The number of nitrogens with zero attached hydrogens (tertiary/aromatic N) is 5. The Bertz CT molecular complexity index is 1170. The minimum atomic E-state index is -4.57. The molecule has 37 heavy (non-hydrogen) atoms. The smallest absolute Gasteiger partial charge is 0.368 e. The first-order chi connectivity index (χ1) is 17.8. The summed E-state index contributed by atoms with van der Waals surface area (Å²) in [6, 6.07) is 11.1. The highest BCUT2D eigenvalue weighted by Crippen LogP contribution is 2.33. The van der Waals surface area contributed by atoms with Gasteiger partial charge >= 0.3 is 6.18 Å². The molecule has 2 aromatic rings. The molecule has 1 amide bonds. The number of alkyl halides is 3. The summed E-state index contributed by atoms with van der Waals surface area (Å²) in [5.41, 5.74) is -0.320. The number of aromatic nitrogens is 1. The van der Waals surface area contributed by atoms with E-state index in [0.29, 0.717) is 37.4 Å². The molecular weight excluding hydrogens is 485 g/mol. The molecular formula is C26H28F3N6O2+. The fourth-order valence-corrected chi connectivity index (χ4v) is 4.80. The summed E-state index contributed by atoms with van der Waals surface area (Å²) in [7, 11) is 0. The van der Waals surface area contributed by atoms with Crippen molar-refractivity contribution in [1.29, 1.82) is 10.5 Å². The van der Waals surface area contributed by atoms with Crippen molar-refractivity contribution in [3.05, 3.63) is 53.2 Å². The van der Waals surface area contributed by atoms with E-state index in [-0.39, 0.29) is 30.2 Å². The molecule has 0 bridgehead atoms. The summed E-state index contributed by atoms with van der Waals surface area (Å²) < 4.78 is 45.6. The van der Waals surface area contributed by atoms with E-state index in [0.717, 1.165) is 37.6 Å². The molecule has 1 aliphatic heterocycles. The topological polar surface area (TPSA) is 110 Å². The number of amides is 1. The van der Waals surface area contributed by atoms with E-state index >= 15 is 0 Å². The highest BCUT2D eigenvalue weighted by Gasteiger charge is 2.35. The third-order valence-corrected chi connectivity index (χ3v) is 6.89. The zero-order chi connectivity index (χ0) is 26.4. The Morgan fingerprint density at radius 2 is 1.78 bits per heavy atom. The number of anilines is 1. The van der Waals surface area contributed by atoms with Crippen molar-refractivity contribution in [1.82, 2.24) is 9.88 Å². The molecule has 1 aliphatic carbocycles. The Morgan fingerprint density at radius 3 is 2.38 bits per heavy atom. The predicted molar refractivity (Wildman–Crippen MR) is 127 cm³/mol. The summed E-state index contributed by atoms with van der Waals surface area (Å²) in [5.74, 6) is 0.727. The minimum absolute atomic E-state index is 0.0126. The van der Waals surface area contributed by atoms with Crippen LogP contribution in [0.4, 0.5) is 24.7 Å². The van der Waals surface area contributed by atoms with Gasteiger partial charge in [-0.25, -0.2) is 4.98 Å². The fraction of sp³-hybridized carbons (Fsp3) is 0.462. The summed E-state index contributed by atoms with van der Waals surface area (Å²) >= 11 is 0. The van der Waals surface area contributed by atoms with Crippen LogP contribution >= 0.6 is 0 Å². The Kier molecular flexibility index (Phi) is 8.27. The minimum Gasteiger partial charge on any atom is -0.368 e. The van der Waals surface area contributed by atoms with Crippen LogP contribution in [-0.2, 0) is 15.7 Å². The molecule has 0 spiro atoms. The number of rotatable bonds is 6. The lowest BCUT2D eigenvalue weighted by Crippen LogP contribution is -2.85. The second-order valence-corrected chi connectivity index (χ2v) is 9.31. The number of benzene rings is 1. The van der Waals surface area contributed by atoms with Gasteiger partial charge < -0.3 is 19.9 Å². The zero-order valence-electron chi connectivity index (χ0n) is 20.2. The molecule has 2 fully saturated rings. The molecule has 194 valence electrons. The van der Waals surface area contributed by atoms with Crippen molar-refractivity contribution >= 4 is 17.4 Å². The standard InChI is InChI=1S/C26H27F3N6O2/c27-26(28,29)23-13-21(3-2-19(23)15-31)33-20-4-6-22(7-5-20)37-17-25(36)35-11-9-34(10-12-35)24-8-1-18(14-30)16-32-24/h1-3,8,13,16,20,22,33H,4-7,9-12,17H2/p+1. The van der Waals surface area contributed by atoms with Gasteiger partial charge in [-0.05, 0) is 31.0 Å². The molecule has 4 rings (SSSR count). The molecule has 1 saturated heterocycles. The van der Waals surface area contributed by atoms with E-state index in [2.05, 4.69) is 9.88 Å². The normalized spacial score (nSPS) is 20.2. The van der Waals surface area contributed by atoms with E-state index in [1.54, 1.807) is 23.1 Å². The van der Waals surface area contributed by atoms with Crippen LogP contribution in [0.3, 0.4) is 0 Å². The van der Waals surface area contributed by atoms with Gasteiger partial charge in [0.2, 0.25) is 5.91 Å². The maximum atomic E-state index is 13.2. The van der Waals surface area contributed by atoms with Gasteiger partial charge in [-0.1, -0.05) is 0 Å². The van der Waals surface area contributed by atoms with Crippen LogP contribution in [0.25, 0.3) is 0 Å². The average Bonchev–Trinajstić information content (AvgIpc) is 2.92. The van der Waals surface area contributed by atoms with E-state index in [1.807, 2.05) is 17.5 Å². The lowest BCUT2D eigenvalue weighted by Gasteiger charge is -2.35. The Labute approximate surface area is 213 Å². The number of nitrogens with two attached hydrogens (primary N) is 1. The molecule has 1 aromatic carbocycles. The van der Waals surface area contributed by atoms with Crippen LogP contribution in [0, 0.1) is 22.7 Å². The van der Waals surface area contributed by atoms with Crippen LogP contribution in [0.5, 0.6) is 0 Å². The van der Waals surface area contributed by atoms with Crippen LogP contribution in [-0.4, -0.2) is 60.7 Å². The third kappa shape index (κ3) is 6.76. The van der Waals surface area contributed by atoms with Gasteiger partial charge in [0.1, 0.15) is 24.2 Å². The van der Waals surface area contributed by atoms with Crippen LogP contribution in [0.2, 0.25) is 0 Å². The Hall–Kier alpha value is -3.67. The molecule has 2 heterocycles. The molecule has 0 atom stereocenters. The monoisotopic (exact) mass is 513 g/mol. The summed E-state index contributed by atoms with van der Waals surface area (Å²) in [6.45, 7) is 2.44. The average molecular weight is 514 g/mol. The number of ether oxygens (including phenoxy) is 1. The lowest BCUT2D eigenvalue weighted by molar-refractivity contribution is -0.615. The number of piperazine rings is 1. The van der Waals surface area contributed by atoms with Gasteiger partial charge in [0.05, 0.1) is 34.9 Å². The van der Waals surface area contributed by atoms with Gasteiger partial charge in [-0.15, -0.1) is 0 Å². The van der Waals surface area contributed by atoms with E-state index < -0.39 is 11.7 Å². The van der Waals surface area contributed by atoms with Gasteiger partial charge in [0.25, 0.3) is 0 Å². The number of nitriles is 2. The molecule has 11 heteroatoms. The van der Waals surface area contributed by atoms with Gasteiger partial charge in [0, 0.05) is 57.4 Å². The fourth-order valence-electron chi connectivity index (χ4n) is 4.80. The van der Waals surface area contributed by atoms with Crippen LogP contribution in [0.15, 0.2) is 36.5 Å². The van der Waals surface area contributed by atoms with Gasteiger partial charge in [-0.3, -0.25) is 4.79 Å². The van der Waals surface area contributed by atoms with Crippen molar-refractivity contribution in [2.24, 2.45) is 0 Å². The lowest BCUT2D eigenvalue weighted by atomic mass is 9.92. The predicted octanol–water partition coefficient (Wildman–Crippen LogP) is 2.72. The maximum Gasteiger partial charge on any atom is 0.417 e. The third-order valence-electron chi connectivity index (χ3n) is 6.89. The second kappa shape index (κ2) is 11.6. The molecule has 0 radical (unpaired) electrons. The van der Waals surface area contributed by atoms with Crippen molar-refractivity contribution in [3.8, 4) is 12.1 Å². The van der Waals surface area contributed by atoms with Gasteiger partial charge in [0.15, 0.2) is 0 Å². The maximum absolute atomic E-state index is 13.2. The number of carbonyl (C=O) groups excluding carboxylic acids is 1. The molecule has 8 nitrogen and oxygen atoms in total. The Balaban J connectivity index is 1.19. The first kappa shape index (κ1) is 26.4. The van der Waals surface area contributed by atoms with Crippen LogP contribution < -0.4 is 10.2 Å². The van der Waals surface area contributed by atoms with E-state index in [4.69, 9.17) is 15.3 Å². The van der Waals surface area contributed by atoms with Crippen molar-refractivity contribution in [2.45, 2.75) is 44.0 Å². The van der Waals surface area contributed by atoms with Gasteiger partial charge in [-0.2, -0.15) is 23.7 Å².